The molecule has 70 valence electrons. The van der Waals surface area contributed by atoms with Crippen molar-refractivity contribution in [1.29, 1.82) is 0 Å². The summed E-state index contributed by atoms with van der Waals surface area (Å²) in [5, 5.41) is 0. The fourth-order valence-corrected chi connectivity index (χ4v) is 1.31. The van der Waals surface area contributed by atoms with E-state index in [-0.39, 0.29) is 17.7 Å². The van der Waals surface area contributed by atoms with Crippen LogP contribution < -0.4 is 0 Å². The third-order valence-corrected chi connectivity index (χ3v) is 2.12. The normalized spacial score (nSPS) is 12.9. The van der Waals surface area contributed by atoms with Gasteiger partial charge >= 0.3 is 0 Å². The first-order valence-electron chi connectivity index (χ1n) is 4.36. The zero-order valence-corrected chi connectivity index (χ0v) is 7.83. The first-order chi connectivity index (χ1) is 6.15. The average molecular weight is 180 g/mol. The lowest BCUT2D eigenvalue weighted by atomic mass is 9.90. The van der Waals surface area contributed by atoms with Gasteiger partial charge in [0.25, 0.3) is 0 Å². The van der Waals surface area contributed by atoms with Gasteiger partial charge in [-0.05, 0) is 23.6 Å². The van der Waals surface area contributed by atoms with Gasteiger partial charge in [-0.1, -0.05) is 26.0 Å². The van der Waals surface area contributed by atoms with Crippen molar-refractivity contribution in [2.75, 3.05) is 0 Å². The van der Waals surface area contributed by atoms with E-state index in [1.54, 1.807) is 12.1 Å². The maximum absolute atomic E-state index is 12.6. The van der Waals surface area contributed by atoms with Crippen molar-refractivity contribution >= 4 is 6.29 Å². The monoisotopic (exact) mass is 180 g/mol. The standard InChI is InChI=1S/C11H13FO/c1-8(2)11(7-13)9-3-5-10(12)6-4-9/h3-8,11H,1-2H3/t11-/m1/s1. The van der Waals surface area contributed by atoms with E-state index in [1.165, 1.54) is 12.1 Å². The molecule has 1 rings (SSSR count). The molecule has 1 nitrogen and oxygen atoms in total. The lowest BCUT2D eigenvalue weighted by Gasteiger charge is -2.13. The highest BCUT2D eigenvalue weighted by atomic mass is 19.1. The van der Waals surface area contributed by atoms with Crippen LogP contribution in [0.1, 0.15) is 25.3 Å². The zero-order chi connectivity index (χ0) is 9.84. The van der Waals surface area contributed by atoms with Crippen molar-refractivity contribution in [2.24, 2.45) is 5.92 Å². The smallest absolute Gasteiger partial charge is 0.127 e. The fourth-order valence-electron chi connectivity index (χ4n) is 1.31. The maximum atomic E-state index is 12.6. The molecule has 2 heteroatoms. The number of rotatable bonds is 3. The second-order valence-corrected chi connectivity index (χ2v) is 3.46. The van der Waals surface area contributed by atoms with Crippen LogP contribution in [0.4, 0.5) is 4.39 Å². The molecule has 1 aromatic rings. The first kappa shape index (κ1) is 9.90. The number of aldehydes is 1. The Labute approximate surface area is 77.6 Å². The van der Waals surface area contributed by atoms with Gasteiger partial charge in [-0.15, -0.1) is 0 Å². The number of benzene rings is 1. The van der Waals surface area contributed by atoms with Crippen LogP contribution in [-0.4, -0.2) is 6.29 Å². The maximum Gasteiger partial charge on any atom is 0.127 e. The molecule has 13 heavy (non-hydrogen) atoms. The van der Waals surface area contributed by atoms with Crippen LogP contribution >= 0.6 is 0 Å². The Hall–Kier alpha value is -1.18. The number of hydrogen-bond acceptors (Lipinski definition) is 1. The van der Waals surface area contributed by atoms with E-state index in [4.69, 9.17) is 0 Å². The summed E-state index contributed by atoms with van der Waals surface area (Å²) >= 11 is 0. The molecule has 0 heterocycles. The molecular weight excluding hydrogens is 167 g/mol. The van der Waals surface area contributed by atoms with Crippen LogP contribution in [0.2, 0.25) is 0 Å². The van der Waals surface area contributed by atoms with Crippen LogP contribution in [0.5, 0.6) is 0 Å². The van der Waals surface area contributed by atoms with Crippen molar-refractivity contribution < 1.29 is 9.18 Å². The summed E-state index contributed by atoms with van der Waals surface area (Å²) in [7, 11) is 0. The molecule has 0 aromatic heterocycles. The van der Waals surface area contributed by atoms with Gasteiger partial charge in [0.15, 0.2) is 0 Å². The number of carbonyl (C=O) groups excluding carboxylic acids is 1. The second kappa shape index (κ2) is 4.17. The van der Waals surface area contributed by atoms with Gasteiger partial charge < -0.3 is 4.79 Å². The van der Waals surface area contributed by atoms with E-state index in [1.807, 2.05) is 13.8 Å². The van der Waals surface area contributed by atoms with Gasteiger partial charge in [0.2, 0.25) is 0 Å². The molecule has 0 aliphatic heterocycles. The molecule has 0 fully saturated rings. The van der Waals surface area contributed by atoms with Gasteiger partial charge in [0, 0.05) is 5.92 Å². The molecule has 0 saturated heterocycles. The quantitative estimate of drug-likeness (QED) is 0.654. The summed E-state index contributed by atoms with van der Waals surface area (Å²) in [6.45, 7) is 3.95. The summed E-state index contributed by atoms with van der Waals surface area (Å²) in [6, 6.07) is 6.09. The molecule has 0 radical (unpaired) electrons. The molecule has 0 aliphatic carbocycles. The van der Waals surface area contributed by atoms with E-state index >= 15 is 0 Å². The lowest BCUT2D eigenvalue weighted by Crippen LogP contribution is -2.07. The molecule has 0 aliphatic rings. The van der Waals surface area contributed by atoms with E-state index in [0.29, 0.717) is 0 Å². The summed E-state index contributed by atoms with van der Waals surface area (Å²) in [4.78, 5) is 10.7. The molecule has 0 N–H and O–H groups in total. The molecule has 0 saturated carbocycles. The first-order valence-corrected chi connectivity index (χ1v) is 4.36. The molecule has 0 bridgehead atoms. The van der Waals surface area contributed by atoms with Gasteiger partial charge in [-0.25, -0.2) is 4.39 Å². The highest BCUT2D eigenvalue weighted by Gasteiger charge is 2.14. The lowest BCUT2D eigenvalue weighted by molar-refractivity contribution is -0.109. The van der Waals surface area contributed by atoms with Gasteiger partial charge in [-0.2, -0.15) is 0 Å². The van der Waals surface area contributed by atoms with Crippen molar-refractivity contribution in [3.8, 4) is 0 Å². The number of carbonyl (C=O) groups is 1. The fraction of sp³-hybridized carbons (Fsp3) is 0.364. The predicted molar refractivity (Wildman–Crippen MR) is 50.0 cm³/mol. The molecule has 0 amide bonds. The number of hydrogen-bond donors (Lipinski definition) is 0. The Kier molecular flexibility index (Phi) is 3.18. The van der Waals surface area contributed by atoms with Crippen molar-refractivity contribution in [2.45, 2.75) is 19.8 Å². The third kappa shape index (κ3) is 2.38. The summed E-state index contributed by atoms with van der Waals surface area (Å²) in [5.74, 6) is -0.138. The minimum absolute atomic E-state index is 0.124. The zero-order valence-electron chi connectivity index (χ0n) is 7.83. The molecule has 1 atom stereocenters. The van der Waals surface area contributed by atoms with Crippen LogP contribution in [0.3, 0.4) is 0 Å². The van der Waals surface area contributed by atoms with Crippen LogP contribution in [-0.2, 0) is 4.79 Å². The SMILES string of the molecule is CC(C)[C@@H](C=O)c1ccc(F)cc1. The Morgan fingerprint density at radius 1 is 1.23 bits per heavy atom. The van der Waals surface area contributed by atoms with Gasteiger partial charge in [-0.3, -0.25) is 0 Å². The number of halogens is 1. The Balaban J connectivity index is 2.92. The molecular formula is C11H13FO. The minimum atomic E-state index is -0.267. The third-order valence-electron chi connectivity index (χ3n) is 2.12. The average Bonchev–Trinajstić information content (AvgIpc) is 2.09. The summed E-state index contributed by atoms with van der Waals surface area (Å²) < 4.78 is 12.6. The van der Waals surface area contributed by atoms with Crippen molar-refractivity contribution in [1.82, 2.24) is 0 Å². The largest absolute Gasteiger partial charge is 0.303 e. The van der Waals surface area contributed by atoms with E-state index in [9.17, 15) is 9.18 Å². The van der Waals surface area contributed by atoms with Crippen LogP contribution in [0.15, 0.2) is 24.3 Å². The molecule has 0 unspecified atom stereocenters. The van der Waals surface area contributed by atoms with Crippen LogP contribution in [0.25, 0.3) is 0 Å². The Bertz CT molecular complexity index is 277. The topological polar surface area (TPSA) is 17.1 Å². The summed E-state index contributed by atoms with van der Waals surface area (Å²) in [5.41, 5.74) is 0.881. The van der Waals surface area contributed by atoms with E-state index in [2.05, 4.69) is 0 Å². The minimum Gasteiger partial charge on any atom is -0.303 e. The van der Waals surface area contributed by atoms with E-state index < -0.39 is 0 Å². The van der Waals surface area contributed by atoms with Crippen LogP contribution in [0, 0.1) is 11.7 Å². The highest BCUT2D eigenvalue weighted by Crippen LogP contribution is 2.21. The van der Waals surface area contributed by atoms with Gasteiger partial charge in [0.05, 0.1) is 0 Å². The predicted octanol–water partition coefficient (Wildman–Crippen LogP) is 2.76. The highest BCUT2D eigenvalue weighted by molar-refractivity contribution is 5.62. The van der Waals surface area contributed by atoms with Crippen molar-refractivity contribution in [3.05, 3.63) is 35.6 Å². The van der Waals surface area contributed by atoms with E-state index in [0.717, 1.165) is 11.8 Å². The summed E-state index contributed by atoms with van der Waals surface area (Å²) in [6.07, 6.45) is 0.915. The molecule has 0 spiro atoms. The van der Waals surface area contributed by atoms with Gasteiger partial charge in [0.1, 0.15) is 12.1 Å². The molecule has 1 aromatic carbocycles. The van der Waals surface area contributed by atoms with Crippen molar-refractivity contribution in [3.63, 3.8) is 0 Å². The second-order valence-electron chi connectivity index (χ2n) is 3.46. The Morgan fingerprint density at radius 3 is 2.15 bits per heavy atom. The Morgan fingerprint density at radius 2 is 1.77 bits per heavy atom.